The minimum atomic E-state index is -3.62. The summed E-state index contributed by atoms with van der Waals surface area (Å²) in [7, 11) is -3.62. The molecule has 0 saturated carbocycles. The van der Waals surface area contributed by atoms with Gasteiger partial charge in [-0.05, 0) is 52.0 Å². The van der Waals surface area contributed by atoms with Crippen molar-refractivity contribution in [3.63, 3.8) is 0 Å². The van der Waals surface area contributed by atoms with Crippen LogP contribution in [0.25, 0.3) is 0 Å². The fraction of sp³-hybridized carbons (Fsp3) is 0.619. The molecule has 0 radical (unpaired) electrons. The number of rotatable bonds is 5. The van der Waals surface area contributed by atoms with Crippen molar-refractivity contribution in [2.24, 2.45) is 5.92 Å². The molecule has 2 fully saturated rings. The van der Waals surface area contributed by atoms with Gasteiger partial charge in [-0.2, -0.15) is 4.31 Å². The maximum absolute atomic E-state index is 12.9. The van der Waals surface area contributed by atoms with E-state index in [1.807, 2.05) is 27.7 Å². The molecule has 3 rings (SSSR count). The fourth-order valence-electron chi connectivity index (χ4n) is 3.95. The normalized spacial score (nSPS) is 21.2. The Morgan fingerprint density at radius 1 is 1.10 bits per heavy atom. The zero-order valence-corrected chi connectivity index (χ0v) is 18.9. The minimum Gasteiger partial charge on any atom is -0.494 e. The Morgan fingerprint density at radius 3 is 2.20 bits per heavy atom. The molecule has 2 aliphatic heterocycles. The molecule has 0 aliphatic carbocycles. The lowest BCUT2D eigenvalue weighted by atomic mass is 10.1. The third-order valence-corrected chi connectivity index (χ3v) is 7.52. The molecule has 1 atom stereocenters. The van der Waals surface area contributed by atoms with Crippen LogP contribution in [0, 0.1) is 5.92 Å². The van der Waals surface area contributed by atoms with Crippen molar-refractivity contribution in [3.05, 3.63) is 24.3 Å². The number of hydrogen-bond acceptors (Lipinski definition) is 5. The van der Waals surface area contributed by atoms with Gasteiger partial charge in [0.1, 0.15) is 5.75 Å². The number of nitrogens with zero attached hydrogens (tertiary/aromatic N) is 3. The zero-order valence-electron chi connectivity index (χ0n) is 18.1. The van der Waals surface area contributed by atoms with Gasteiger partial charge < -0.3 is 14.5 Å². The monoisotopic (exact) mass is 437 g/mol. The largest absolute Gasteiger partial charge is 0.494 e. The molecule has 9 heteroatoms. The second-order valence-corrected chi connectivity index (χ2v) is 10.6. The standard InChI is InChI=1S/C21H31N3O5S/c1-5-29-17-6-8-18(9-7-17)30(27,28)23-12-10-22(11-13-23)20(26)16-14-19(25)24(15-16)21(2,3)4/h6-9,16H,5,10-15H2,1-4H3. The number of amides is 2. The van der Waals surface area contributed by atoms with Crippen molar-refractivity contribution >= 4 is 21.8 Å². The van der Waals surface area contributed by atoms with Crippen LogP contribution in [0.4, 0.5) is 0 Å². The molecule has 30 heavy (non-hydrogen) atoms. The highest BCUT2D eigenvalue weighted by atomic mass is 32.2. The lowest BCUT2D eigenvalue weighted by molar-refractivity contribution is -0.137. The van der Waals surface area contributed by atoms with Crippen LogP contribution < -0.4 is 4.74 Å². The Labute approximate surface area is 178 Å². The highest BCUT2D eigenvalue weighted by molar-refractivity contribution is 7.89. The molecule has 2 aliphatic rings. The smallest absolute Gasteiger partial charge is 0.243 e. The number of ether oxygens (including phenoxy) is 1. The summed E-state index contributed by atoms with van der Waals surface area (Å²) in [5, 5.41) is 0. The summed E-state index contributed by atoms with van der Waals surface area (Å²) in [6, 6.07) is 6.38. The SMILES string of the molecule is CCOc1ccc(S(=O)(=O)N2CCN(C(=O)C3CC(=O)N(C(C)(C)C)C3)CC2)cc1. The Balaban J connectivity index is 1.60. The van der Waals surface area contributed by atoms with Crippen molar-refractivity contribution in [2.45, 2.75) is 44.6 Å². The van der Waals surface area contributed by atoms with Crippen molar-refractivity contribution in [1.29, 1.82) is 0 Å². The molecule has 2 heterocycles. The van der Waals surface area contributed by atoms with Crippen molar-refractivity contribution < 1.29 is 22.7 Å². The number of piperazine rings is 1. The van der Waals surface area contributed by atoms with Gasteiger partial charge in [0, 0.05) is 44.7 Å². The Hall–Kier alpha value is -2.13. The molecule has 1 aromatic rings. The van der Waals surface area contributed by atoms with Gasteiger partial charge in [-0.15, -0.1) is 0 Å². The van der Waals surface area contributed by atoms with E-state index in [0.29, 0.717) is 32.0 Å². The molecular weight excluding hydrogens is 406 g/mol. The van der Waals surface area contributed by atoms with Gasteiger partial charge in [-0.3, -0.25) is 9.59 Å². The quantitative estimate of drug-likeness (QED) is 0.698. The average molecular weight is 438 g/mol. The predicted molar refractivity (Wildman–Crippen MR) is 113 cm³/mol. The first-order valence-corrected chi connectivity index (χ1v) is 11.8. The van der Waals surface area contributed by atoms with Gasteiger partial charge in [-0.1, -0.05) is 0 Å². The summed E-state index contributed by atoms with van der Waals surface area (Å²) in [4.78, 5) is 28.8. The summed E-state index contributed by atoms with van der Waals surface area (Å²) in [6.07, 6.45) is 0.223. The second kappa shape index (κ2) is 8.55. The summed E-state index contributed by atoms with van der Waals surface area (Å²) in [5.41, 5.74) is -0.309. The number of benzene rings is 1. The average Bonchev–Trinajstić information content (AvgIpc) is 3.10. The van der Waals surface area contributed by atoms with Crippen LogP contribution in [0.15, 0.2) is 29.2 Å². The first-order valence-electron chi connectivity index (χ1n) is 10.4. The van der Waals surface area contributed by atoms with Crippen LogP contribution in [0.3, 0.4) is 0 Å². The molecule has 166 valence electrons. The van der Waals surface area contributed by atoms with Gasteiger partial charge in [0.25, 0.3) is 0 Å². The van der Waals surface area contributed by atoms with Crippen LogP contribution in [0.1, 0.15) is 34.1 Å². The molecule has 2 saturated heterocycles. The zero-order chi connectivity index (χ0) is 22.1. The van der Waals surface area contributed by atoms with E-state index in [1.165, 1.54) is 4.31 Å². The van der Waals surface area contributed by atoms with Crippen molar-refractivity contribution in [2.75, 3.05) is 39.3 Å². The highest BCUT2D eigenvalue weighted by Crippen LogP contribution is 2.28. The van der Waals surface area contributed by atoms with Gasteiger partial charge >= 0.3 is 0 Å². The maximum atomic E-state index is 12.9. The first-order chi connectivity index (χ1) is 14.0. The van der Waals surface area contributed by atoms with Crippen LogP contribution in [0.5, 0.6) is 5.75 Å². The summed E-state index contributed by atoms with van der Waals surface area (Å²) in [6.45, 7) is 9.83. The molecule has 1 aromatic carbocycles. The fourth-order valence-corrected chi connectivity index (χ4v) is 5.37. The molecule has 0 bridgehead atoms. The molecule has 8 nitrogen and oxygen atoms in total. The molecule has 0 spiro atoms. The van der Waals surface area contributed by atoms with Gasteiger partial charge in [0.2, 0.25) is 21.8 Å². The molecule has 0 aromatic heterocycles. The van der Waals surface area contributed by atoms with Gasteiger partial charge in [0.15, 0.2) is 0 Å². The minimum absolute atomic E-state index is 0.00226. The van der Waals surface area contributed by atoms with E-state index in [2.05, 4.69) is 0 Å². The van der Waals surface area contributed by atoms with E-state index in [1.54, 1.807) is 34.1 Å². The third kappa shape index (κ3) is 4.62. The van der Waals surface area contributed by atoms with Crippen LogP contribution in [0.2, 0.25) is 0 Å². The Bertz CT molecular complexity index is 884. The molecule has 2 amide bonds. The van der Waals surface area contributed by atoms with Gasteiger partial charge in [0.05, 0.1) is 17.4 Å². The van der Waals surface area contributed by atoms with E-state index in [0.717, 1.165) is 0 Å². The van der Waals surface area contributed by atoms with E-state index in [-0.39, 0.29) is 47.7 Å². The van der Waals surface area contributed by atoms with E-state index in [9.17, 15) is 18.0 Å². The molecular formula is C21H31N3O5S. The third-order valence-electron chi connectivity index (χ3n) is 5.61. The molecule has 1 unspecified atom stereocenters. The van der Waals surface area contributed by atoms with Crippen LogP contribution >= 0.6 is 0 Å². The van der Waals surface area contributed by atoms with Gasteiger partial charge in [-0.25, -0.2) is 8.42 Å². The topological polar surface area (TPSA) is 87.2 Å². The lowest BCUT2D eigenvalue weighted by Gasteiger charge is -2.36. The number of carbonyl (C=O) groups excluding carboxylic acids is 2. The number of likely N-dealkylation sites (tertiary alicyclic amines) is 1. The van der Waals surface area contributed by atoms with Crippen LogP contribution in [-0.2, 0) is 19.6 Å². The summed E-state index contributed by atoms with van der Waals surface area (Å²) >= 11 is 0. The number of sulfonamides is 1. The maximum Gasteiger partial charge on any atom is 0.243 e. The lowest BCUT2D eigenvalue weighted by Crippen LogP contribution is -2.52. The van der Waals surface area contributed by atoms with Crippen molar-refractivity contribution in [1.82, 2.24) is 14.1 Å². The summed E-state index contributed by atoms with van der Waals surface area (Å²) in [5.74, 6) is 0.207. The van der Waals surface area contributed by atoms with E-state index >= 15 is 0 Å². The Kier molecular flexibility index (Phi) is 6.43. The van der Waals surface area contributed by atoms with E-state index < -0.39 is 10.0 Å². The van der Waals surface area contributed by atoms with Crippen LogP contribution in [-0.4, -0.2) is 79.2 Å². The summed E-state index contributed by atoms with van der Waals surface area (Å²) < 4.78 is 32.6. The van der Waals surface area contributed by atoms with Crippen molar-refractivity contribution in [3.8, 4) is 5.75 Å². The molecule has 0 N–H and O–H groups in total. The first kappa shape index (κ1) is 22.6. The van der Waals surface area contributed by atoms with E-state index in [4.69, 9.17) is 4.74 Å². The Morgan fingerprint density at radius 2 is 1.70 bits per heavy atom. The number of carbonyl (C=O) groups is 2. The highest BCUT2D eigenvalue weighted by Gasteiger charge is 2.41. The predicted octanol–water partition coefficient (Wildman–Crippen LogP) is 1.57. The second-order valence-electron chi connectivity index (χ2n) is 8.71. The number of hydrogen-bond donors (Lipinski definition) is 0.